The summed E-state index contributed by atoms with van der Waals surface area (Å²) in [5, 5.41) is 0. The van der Waals surface area contributed by atoms with Gasteiger partial charge in [0.1, 0.15) is 0 Å². The van der Waals surface area contributed by atoms with E-state index in [0.29, 0.717) is 12.5 Å². The number of fused-ring (bicyclic) bond motifs is 5. The van der Waals surface area contributed by atoms with E-state index in [1.165, 1.54) is 51.4 Å². The summed E-state index contributed by atoms with van der Waals surface area (Å²) in [6.45, 7) is 5.63. The minimum absolute atomic E-state index is 0.217. The van der Waals surface area contributed by atoms with Gasteiger partial charge in [-0.1, -0.05) is 26.3 Å². The zero-order valence-corrected chi connectivity index (χ0v) is 19.2. The fraction of sp³-hybridized carbons (Fsp3) is 0.778. The van der Waals surface area contributed by atoms with Gasteiger partial charge in [0.15, 0.2) is 0 Å². The monoisotopic (exact) mass is 408 g/mol. The molecule has 8 unspecified atom stereocenters. The molecule has 4 saturated carbocycles. The van der Waals surface area contributed by atoms with E-state index in [2.05, 4.69) is 24.9 Å². The zero-order valence-electron chi connectivity index (χ0n) is 19.2. The lowest BCUT2D eigenvalue weighted by molar-refractivity contribution is -0.142. The Labute approximate surface area is 183 Å². The lowest BCUT2D eigenvalue weighted by Crippen LogP contribution is -2.50. The van der Waals surface area contributed by atoms with Gasteiger partial charge in [-0.05, 0) is 104 Å². The van der Waals surface area contributed by atoms with Gasteiger partial charge in [-0.25, -0.2) is 0 Å². The minimum Gasteiger partial charge on any atom is -0.341 e. The molecular weight excluding hydrogens is 368 g/mol. The van der Waals surface area contributed by atoms with Crippen molar-refractivity contribution in [1.29, 1.82) is 0 Å². The molecule has 1 aromatic rings. The number of carbonyl (C=O) groups is 1. The molecule has 0 bridgehead atoms. The zero-order chi connectivity index (χ0) is 20.9. The summed E-state index contributed by atoms with van der Waals surface area (Å²) >= 11 is 0. The molecule has 4 fully saturated rings. The second kappa shape index (κ2) is 7.95. The van der Waals surface area contributed by atoms with Crippen LogP contribution in [0.15, 0.2) is 24.5 Å². The molecule has 0 saturated heterocycles. The van der Waals surface area contributed by atoms with Gasteiger partial charge in [-0.3, -0.25) is 9.78 Å². The highest BCUT2D eigenvalue weighted by atomic mass is 16.2. The van der Waals surface area contributed by atoms with Crippen LogP contribution >= 0.6 is 0 Å². The van der Waals surface area contributed by atoms with Crippen molar-refractivity contribution >= 4 is 5.91 Å². The van der Waals surface area contributed by atoms with Crippen LogP contribution in [-0.4, -0.2) is 22.8 Å². The third-order valence-corrected chi connectivity index (χ3v) is 10.0. The highest BCUT2D eigenvalue weighted by Crippen LogP contribution is 2.64. The fourth-order valence-electron chi connectivity index (χ4n) is 8.60. The summed E-state index contributed by atoms with van der Waals surface area (Å²) in [5.41, 5.74) is 1.34. The second-order valence-electron chi connectivity index (χ2n) is 11.6. The number of pyridine rings is 1. The first-order valence-electron chi connectivity index (χ1n) is 12.6. The van der Waals surface area contributed by atoms with Crippen LogP contribution in [0.25, 0.3) is 0 Å². The highest BCUT2D eigenvalue weighted by molar-refractivity contribution is 5.80. The van der Waals surface area contributed by atoms with Crippen molar-refractivity contribution in [3.05, 3.63) is 30.1 Å². The van der Waals surface area contributed by atoms with E-state index in [1.807, 2.05) is 24.2 Å². The fourth-order valence-corrected chi connectivity index (χ4v) is 8.60. The van der Waals surface area contributed by atoms with Crippen LogP contribution < -0.4 is 0 Å². The Kier molecular flexibility index (Phi) is 5.44. The average molecular weight is 409 g/mol. The predicted molar refractivity (Wildman–Crippen MR) is 120 cm³/mol. The number of hydrogen-bond donors (Lipinski definition) is 0. The van der Waals surface area contributed by atoms with Gasteiger partial charge in [0.2, 0.25) is 5.91 Å². The minimum atomic E-state index is 0.217. The maximum atomic E-state index is 13.5. The quantitative estimate of drug-likeness (QED) is 0.619. The molecule has 4 aliphatic rings. The number of hydrogen-bond acceptors (Lipinski definition) is 2. The van der Waals surface area contributed by atoms with Gasteiger partial charge in [-0.15, -0.1) is 0 Å². The van der Waals surface area contributed by atoms with Crippen molar-refractivity contribution in [2.75, 3.05) is 7.05 Å². The Morgan fingerprint density at radius 3 is 2.73 bits per heavy atom. The van der Waals surface area contributed by atoms with Crippen molar-refractivity contribution in [2.45, 2.75) is 78.2 Å². The average Bonchev–Trinajstić information content (AvgIpc) is 3.10. The molecule has 8 atom stereocenters. The normalized spacial score (nSPS) is 42.7. The van der Waals surface area contributed by atoms with E-state index < -0.39 is 0 Å². The molecule has 1 heterocycles. The standard InChI is InChI=1S/C27H40N2O/c1-18-6-8-21-20(15-18)7-9-23-22(21)12-13-27(2)24(23)10-11-25(27)26(30)29(3)17-19-5-4-14-28-16-19/h4-5,14,16,18,20-25H,6-13,15,17H2,1-3H3. The van der Waals surface area contributed by atoms with Crippen molar-refractivity contribution < 1.29 is 4.79 Å². The molecule has 3 heteroatoms. The number of rotatable bonds is 3. The third kappa shape index (κ3) is 3.41. The molecule has 0 N–H and O–H groups in total. The first kappa shape index (κ1) is 20.5. The first-order valence-corrected chi connectivity index (χ1v) is 12.6. The SMILES string of the molecule is CC1CCC2C(CCC3C2CCC2(C)C(C(=O)N(C)Cc4cccnc4)CCC32)C1. The maximum Gasteiger partial charge on any atom is 0.226 e. The summed E-state index contributed by atoms with van der Waals surface area (Å²) in [6.07, 6.45) is 16.0. The molecule has 1 aromatic heterocycles. The Morgan fingerprint density at radius 2 is 1.93 bits per heavy atom. The molecule has 0 aromatic carbocycles. The molecule has 0 spiro atoms. The van der Waals surface area contributed by atoms with Crippen LogP contribution in [0.2, 0.25) is 0 Å². The maximum absolute atomic E-state index is 13.5. The van der Waals surface area contributed by atoms with Gasteiger partial charge >= 0.3 is 0 Å². The van der Waals surface area contributed by atoms with Gasteiger partial charge in [-0.2, -0.15) is 0 Å². The summed E-state index contributed by atoms with van der Waals surface area (Å²) in [5.74, 6) is 6.15. The van der Waals surface area contributed by atoms with E-state index in [9.17, 15) is 4.79 Å². The van der Waals surface area contributed by atoms with E-state index in [4.69, 9.17) is 0 Å². The van der Waals surface area contributed by atoms with Crippen molar-refractivity contribution in [3.63, 3.8) is 0 Å². The lowest BCUT2D eigenvalue weighted by Gasteiger charge is -2.56. The highest BCUT2D eigenvalue weighted by Gasteiger charge is 2.58. The number of amides is 1. The van der Waals surface area contributed by atoms with Gasteiger partial charge in [0.05, 0.1) is 0 Å². The van der Waals surface area contributed by atoms with Gasteiger partial charge in [0, 0.05) is 31.9 Å². The Balaban J connectivity index is 1.30. The van der Waals surface area contributed by atoms with Crippen LogP contribution in [-0.2, 0) is 11.3 Å². The molecule has 3 nitrogen and oxygen atoms in total. The van der Waals surface area contributed by atoms with Crippen molar-refractivity contribution in [1.82, 2.24) is 9.88 Å². The van der Waals surface area contributed by atoms with Crippen molar-refractivity contribution in [3.8, 4) is 0 Å². The summed E-state index contributed by atoms with van der Waals surface area (Å²) in [7, 11) is 1.99. The smallest absolute Gasteiger partial charge is 0.226 e. The number of aromatic nitrogens is 1. The lowest BCUT2D eigenvalue weighted by atomic mass is 9.49. The number of nitrogens with zero attached hydrogens (tertiary/aromatic N) is 2. The second-order valence-corrected chi connectivity index (χ2v) is 11.6. The van der Waals surface area contributed by atoms with Crippen LogP contribution in [0.1, 0.15) is 77.2 Å². The Morgan fingerprint density at radius 1 is 1.10 bits per heavy atom. The molecule has 4 aliphatic carbocycles. The topological polar surface area (TPSA) is 33.2 Å². The van der Waals surface area contributed by atoms with E-state index in [-0.39, 0.29) is 11.3 Å². The molecule has 164 valence electrons. The Bertz CT molecular complexity index is 763. The van der Waals surface area contributed by atoms with Crippen LogP contribution in [0.3, 0.4) is 0 Å². The van der Waals surface area contributed by atoms with E-state index in [0.717, 1.165) is 47.5 Å². The largest absolute Gasteiger partial charge is 0.341 e. The summed E-state index contributed by atoms with van der Waals surface area (Å²) < 4.78 is 0. The van der Waals surface area contributed by atoms with Crippen LogP contribution in [0.5, 0.6) is 0 Å². The summed E-state index contributed by atoms with van der Waals surface area (Å²) in [6, 6.07) is 4.04. The van der Waals surface area contributed by atoms with Crippen LogP contribution in [0.4, 0.5) is 0 Å². The molecule has 5 rings (SSSR count). The Hall–Kier alpha value is -1.38. The first-order chi connectivity index (χ1) is 14.5. The van der Waals surface area contributed by atoms with Gasteiger partial charge < -0.3 is 4.90 Å². The predicted octanol–water partition coefficient (Wildman–Crippen LogP) is 5.94. The molecular formula is C27H40N2O. The van der Waals surface area contributed by atoms with E-state index >= 15 is 0 Å². The molecule has 1 amide bonds. The van der Waals surface area contributed by atoms with Crippen molar-refractivity contribution in [2.24, 2.45) is 46.8 Å². The summed E-state index contributed by atoms with van der Waals surface area (Å²) in [4.78, 5) is 19.7. The molecule has 0 aliphatic heterocycles. The molecule has 30 heavy (non-hydrogen) atoms. The van der Waals surface area contributed by atoms with E-state index in [1.54, 1.807) is 6.20 Å². The third-order valence-electron chi connectivity index (χ3n) is 10.0. The van der Waals surface area contributed by atoms with Gasteiger partial charge in [0.25, 0.3) is 0 Å². The molecule has 0 radical (unpaired) electrons. The van der Waals surface area contributed by atoms with Crippen LogP contribution in [0, 0.1) is 46.8 Å². The number of carbonyl (C=O) groups excluding carboxylic acids is 1.